The van der Waals surface area contributed by atoms with Gasteiger partial charge in [0, 0.05) is 37.1 Å². The number of piperazine rings is 1. The summed E-state index contributed by atoms with van der Waals surface area (Å²) in [6, 6.07) is 9.23. The molecule has 2 aromatic rings. The summed E-state index contributed by atoms with van der Waals surface area (Å²) in [5.41, 5.74) is 3.16. The Balaban J connectivity index is 1.92. The fraction of sp³-hybridized carbons (Fsp3) is 0.471. The number of aryl methyl sites for hydroxylation is 1. The topological polar surface area (TPSA) is 28.2 Å². The lowest BCUT2D eigenvalue weighted by molar-refractivity contribution is 0.165. The van der Waals surface area contributed by atoms with Crippen LogP contribution in [0, 0.1) is 6.92 Å². The van der Waals surface area contributed by atoms with Gasteiger partial charge < -0.3 is 5.32 Å². The van der Waals surface area contributed by atoms with Crippen molar-refractivity contribution in [2.45, 2.75) is 39.4 Å². The summed E-state index contributed by atoms with van der Waals surface area (Å²) in [5.74, 6) is 0. The largest absolute Gasteiger partial charge is 0.309 e. The first kappa shape index (κ1) is 14.8. The van der Waals surface area contributed by atoms with Gasteiger partial charge in [-0.05, 0) is 32.4 Å². The summed E-state index contributed by atoms with van der Waals surface area (Å²) < 4.78 is 0. The second-order valence-corrected chi connectivity index (χ2v) is 6.56. The van der Waals surface area contributed by atoms with Crippen molar-refractivity contribution in [2.24, 2.45) is 0 Å². The van der Waals surface area contributed by atoms with Gasteiger partial charge in [-0.3, -0.25) is 4.90 Å². The molecule has 4 heteroatoms. The highest BCUT2D eigenvalue weighted by atomic mass is 35.5. The van der Waals surface area contributed by atoms with Gasteiger partial charge in [0.15, 0.2) is 0 Å². The lowest BCUT2D eigenvalue weighted by atomic mass is 10.1. The number of halogens is 1. The molecule has 3 rings (SSSR count). The molecule has 1 aliphatic heterocycles. The van der Waals surface area contributed by atoms with E-state index in [0.29, 0.717) is 12.1 Å². The van der Waals surface area contributed by atoms with Crippen LogP contribution >= 0.6 is 11.6 Å². The first-order chi connectivity index (χ1) is 10.0. The van der Waals surface area contributed by atoms with Crippen molar-refractivity contribution in [2.75, 3.05) is 13.1 Å². The van der Waals surface area contributed by atoms with Crippen LogP contribution in [0.5, 0.6) is 0 Å². The molecule has 0 amide bonds. The highest BCUT2D eigenvalue weighted by Crippen LogP contribution is 2.28. The second-order valence-electron chi connectivity index (χ2n) is 6.18. The highest BCUT2D eigenvalue weighted by molar-refractivity contribution is 6.32. The van der Waals surface area contributed by atoms with E-state index in [1.165, 1.54) is 0 Å². The van der Waals surface area contributed by atoms with Gasteiger partial charge in [0.2, 0.25) is 0 Å². The Hall–Kier alpha value is -1.16. The molecular weight excluding hydrogens is 282 g/mol. The van der Waals surface area contributed by atoms with E-state index in [1.54, 1.807) is 0 Å². The molecule has 3 nitrogen and oxygen atoms in total. The fourth-order valence-corrected chi connectivity index (χ4v) is 3.51. The van der Waals surface area contributed by atoms with E-state index < -0.39 is 0 Å². The molecule has 1 N–H and O–H groups in total. The second kappa shape index (κ2) is 5.91. The number of rotatable bonds is 2. The van der Waals surface area contributed by atoms with E-state index in [4.69, 9.17) is 16.6 Å². The molecule has 0 saturated carbocycles. The lowest BCUT2D eigenvalue weighted by Gasteiger charge is -2.36. The quantitative estimate of drug-likeness (QED) is 0.922. The van der Waals surface area contributed by atoms with Gasteiger partial charge in [0.05, 0.1) is 16.2 Å². The fourth-order valence-electron chi connectivity index (χ4n) is 3.30. The minimum Gasteiger partial charge on any atom is -0.309 e. The molecule has 1 aromatic carbocycles. The first-order valence-corrected chi connectivity index (χ1v) is 7.94. The molecule has 112 valence electrons. The van der Waals surface area contributed by atoms with E-state index in [2.05, 4.69) is 43.1 Å². The predicted octanol–water partition coefficient (Wildman–Crippen LogP) is 3.38. The van der Waals surface area contributed by atoms with Crippen molar-refractivity contribution in [3.05, 3.63) is 40.5 Å². The summed E-state index contributed by atoms with van der Waals surface area (Å²) in [5, 5.41) is 5.51. The van der Waals surface area contributed by atoms with E-state index in [-0.39, 0.29) is 0 Å². The molecule has 0 radical (unpaired) electrons. The number of aromatic nitrogens is 1. The molecule has 1 saturated heterocycles. The number of fused-ring (bicyclic) bond motifs is 1. The lowest BCUT2D eigenvalue weighted by Crippen LogP contribution is -2.53. The van der Waals surface area contributed by atoms with Crippen molar-refractivity contribution in [3.8, 4) is 0 Å². The Morgan fingerprint density at radius 1 is 1.24 bits per heavy atom. The van der Waals surface area contributed by atoms with Crippen LogP contribution in [0.15, 0.2) is 24.3 Å². The van der Waals surface area contributed by atoms with E-state index in [0.717, 1.165) is 46.8 Å². The standard InChI is InChI=1S/C17H22ClN3/c1-11-8-21(9-12(2)19-11)10-16-17(18)13(3)14-6-4-5-7-15(14)20-16/h4-7,11-12,19H,8-10H2,1-3H3. The van der Waals surface area contributed by atoms with Gasteiger partial charge in [-0.2, -0.15) is 0 Å². The monoisotopic (exact) mass is 303 g/mol. The molecule has 2 atom stereocenters. The Labute approximate surface area is 131 Å². The summed E-state index contributed by atoms with van der Waals surface area (Å²) >= 11 is 6.56. The number of hydrogen-bond acceptors (Lipinski definition) is 3. The van der Waals surface area contributed by atoms with Crippen LogP contribution in [0.4, 0.5) is 0 Å². The summed E-state index contributed by atoms with van der Waals surface area (Å²) in [4.78, 5) is 7.22. The van der Waals surface area contributed by atoms with E-state index in [1.807, 2.05) is 12.1 Å². The summed E-state index contributed by atoms with van der Waals surface area (Å²) in [7, 11) is 0. The van der Waals surface area contributed by atoms with E-state index in [9.17, 15) is 0 Å². The van der Waals surface area contributed by atoms with E-state index >= 15 is 0 Å². The normalized spacial score (nSPS) is 23.6. The number of nitrogens with zero attached hydrogens (tertiary/aromatic N) is 2. The van der Waals surface area contributed by atoms with Crippen LogP contribution in [-0.4, -0.2) is 35.1 Å². The van der Waals surface area contributed by atoms with Gasteiger partial charge in [-0.15, -0.1) is 0 Å². The van der Waals surface area contributed by atoms with Gasteiger partial charge >= 0.3 is 0 Å². The van der Waals surface area contributed by atoms with Gasteiger partial charge in [0.1, 0.15) is 0 Å². The maximum Gasteiger partial charge on any atom is 0.0740 e. The molecule has 0 bridgehead atoms. The number of benzene rings is 1. The van der Waals surface area contributed by atoms with Crippen molar-refractivity contribution < 1.29 is 0 Å². The first-order valence-electron chi connectivity index (χ1n) is 7.56. The molecule has 1 aliphatic rings. The maximum absolute atomic E-state index is 6.56. The summed E-state index contributed by atoms with van der Waals surface area (Å²) in [6.07, 6.45) is 0. The third-order valence-corrected chi connectivity index (χ3v) is 4.65. The van der Waals surface area contributed by atoms with Crippen LogP contribution in [0.3, 0.4) is 0 Å². The van der Waals surface area contributed by atoms with Crippen LogP contribution < -0.4 is 5.32 Å². The van der Waals surface area contributed by atoms with Crippen LogP contribution in [0.2, 0.25) is 5.02 Å². The van der Waals surface area contributed by atoms with Crippen molar-refractivity contribution in [1.82, 2.24) is 15.2 Å². The third-order valence-electron chi connectivity index (χ3n) is 4.15. The van der Waals surface area contributed by atoms with Crippen molar-refractivity contribution in [1.29, 1.82) is 0 Å². The van der Waals surface area contributed by atoms with Crippen molar-refractivity contribution >= 4 is 22.5 Å². The number of pyridine rings is 1. The Kier molecular flexibility index (Phi) is 4.16. The van der Waals surface area contributed by atoms with Crippen molar-refractivity contribution in [3.63, 3.8) is 0 Å². The maximum atomic E-state index is 6.56. The SMILES string of the molecule is Cc1c(Cl)c(CN2CC(C)NC(C)C2)nc2ccccc12. The highest BCUT2D eigenvalue weighted by Gasteiger charge is 2.22. The van der Waals surface area contributed by atoms with Crippen LogP contribution in [-0.2, 0) is 6.54 Å². The van der Waals surface area contributed by atoms with Gasteiger partial charge in [-0.1, -0.05) is 29.8 Å². The molecule has 1 aromatic heterocycles. The zero-order valence-electron chi connectivity index (χ0n) is 12.9. The molecule has 2 unspecified atom stereocenters. The molecule has 0 aliphatic carbocycles. The average Bonchev–Trinajstić information content (AvgIpc) is 2.43. The predicted molar refractivity (Wildman–Crippen MR) is 88.8 cm³/mol. The zero-order chi connectivity index (χ0) is 15.0. The van der Waals surface area contributed by atoms with Crippen LogP contribution in [0.25, 0.3) is 10.9 Å². The third kappa shape index (κ3) is 3.05. The summed E-state index contributed by atoms with van der Waals surface area (Å²) in [6.45, 7) is 9.43. The Bertz CT molecular complexity index is 646. The van der Waals surface area contributed by atoms with Gasteiger partial charge in [0.25, 0.3) is 0 Å². The minimum atomic E-state index is 0.508. The zero-order valence-corrected chi connectivity index (χ0v) is 13.6. The average molecular weight is 304 g/mol. The molecule has 2 heterocycles. The number of para-hydroxylation sites is 1. The molecule has 0 spiro atoms. The number of nitrogens with one attached hydrogen (secondary N) is 1. The molecule has 1 fully saturated rings. The smallest absolute Gasteiger partial charge is 0.0740 e. The Morgan fingerprint density at radius 3 is 2.62 bits per heavy atom. The Morgan fingerprint density at radius 2 is 1.90 bits per heavy atom. The number of hydrogen-bond donors (Lipinski definition) is 1. The molecular formula is C17H22ClN3. The van der Waals surface area contributed by atoms with Crippen LogP contribution in [0.1, 0.15) is 25.1 Å². The van der Waals surface area contributed by atoms with Gasteiger partial charge in [-0.25, -0.2) is 4.98 Å². The minimum absolute atomic E-state index is 0.508. The molecule has 21 heavy (non-hydrogen) atoms.